The normalized spacial score (nSPS) is 20.1. The zero-order valence-electron chi connectivity index (χ0n) is 16.7. The summed E-state index contributed by atoms with van der Waals surface area (Å²) in [4.78, 5) is 22.9. The van der Waals surface area contributed by atoms with Crippen LogP contribution in [0.1, 0.15) is 34.1 Å². The molecular weight excluding hydrogens is 350 g/mol. The van der Waals surface area contributed by atoms with Gasteiger partial charge in [0, 0.05) is 26.1 Å². The third-order valence-electron chi connectivity index (χ3n) is 4.78. The van der Waals surface area contributed by atoms with Crippen molar-refractivity contribution in [2.24, 2.45) is 0 Å². The molecule has 0 spiro atoms. The number of rotatable bonds is 9. The van der Waals surface area contributed by atoms with Gasteiger partial charge in [-0.05, 0) is 27.7 Å². The minimum absolute atomic E-state index is 0.0435. The van der Waals surface area contributed by atoms with E-state index in [0.29, 0.717) is 25.6 Å². The van der Waals surface area contributed by atoms with Crippen LogP contribution >= 0.6 is 0 Å². The number of quaternary nitrogens is 1. The van der Waals surface area contributed by atoms with Crippen LogP contribution in [0.2, 0.25) is 0 Å². The summed E-state index contributed by atoms with van der Waals surface area (Å²) in [5.41, 5.74) is 5.66. The Morgan fingerprint density at radius 3 is 2.48 bits per heavy atom. The van der Waals surface area contributed by atoms with Crippen molar-refractivity contribution in [2.75, 3.05) is 55.2 Å². The SMILES string of the molecule is CC[NH+](CC)CCCNc1nc(N)c([N+](=O)[O-])c(N2C[C@H](C)O[C@@H](C)C2)n1. The molecule has 1 saturated heterocycles. The summed E-state index contributed by atoms with van der Waals surface area (Å²) in [5, 5.41) is 14.7. The molecule has 0 amide bonds. The molecule has 27 heavy (non-hydrogen) atoms. The van der Waals surface area contributed by atoms with Crippen molar-refractivity contribution < 1.29 is 14.6 Å². The van der Waals surface area contributed by atoms with Crippen LogP contribution in [0.25, 0.3) is 0 Å². The Hall–Kier alpha value is -2.20. The van der Waals surface area contributed by atoms with Gasteiger partial charge in [-0.1, -0.05) is 0 Å². The lowest BCUT2D eigenvalue weighted by Gasteiger charge is -2.35. The highest BCUT2D eigenvalue weighted by Gasteiger charge is 2.32. The Kier molecular flexibility index (Phi) is 7.55. The highest BCUT2D eigenvalue weighted by atomic mass is 16.6. The van der Waals surface area contributed by atoms with Crippen LogP contribution in [0.4, 0.5) is 23.3 Å². The average Bonchev–Trinajstić information content (AvgIpc) is 2.60. The van der Waals surface area contributed by atoms with Gasteiger partial charge in [0.05, 0.1) is 36.8 Å². The summed E-state index contributed by atoms with van der Waals surface area (Å²) < 4.78 is 5.72. The Labute approximate surface area is 160 Å². The van der Waals surface area contributed by atoms with Crippen molar-refractivity contribution in [1.82, 2.24) is 9.97 Å². The third kappa shape index (κ3) is 5.64. The van der Waals surface area contributed by atoms with E-state index in [1.54, 1.807) is 0 Å². The van der Waals surface area contributed by atoms with Gasteiger partial charge >= 0.3 is 5.69 Å². The topological polar surface area (TPSA) is 124 Å². The van der Waals surface area contributed by atoms with Gasteiger partial charge in [0.15, 0.2) is 0 Å². The van der Waals surface area contributed by atoms with Gasteiger partial charge in [-0.25, -0.2) is 0 Å². The predicted octanol–water partition coefficient (Wildman–Crippen LogP) is 0.307. The van der Waals surface area contributed by atoms with Crippen LogP contribution < -0.4 is 20.9 Å². The first-order chi connectivity index (χ1) is 12.8. The predicted molar refractivity (Wildman–Crippen MR) is 105 cm³/mol. The summed E-state index contributed by atoms with van der Waals surface area (Å²) >= 11 is 0. The second-order valence-electron chi connectivity index (χ2n) is 7.01. The number of ether oxygens (including phenoxy) is 1. The fourth-order valence-corrected chi connectivity index (χ4v) is 3.43. The maximum Gasteiger partial charge on any atom is 0.353 e. The second-order valence-corrected chi connectivity index (χ2v) is 7.01. The van der Waals surface area contributed by atoms with Crippen molar-refractivity contribution >= 4 is 23.3 Å². The van der Waals surface area contributed by atoms with E-state index in [4.69, 9.17) is 10.5 Å². The Bertz CT molecular complexity index is 629. The van der Waals surface area contributed by atoms with Crippen LogP contribution in [0.3, 0.4) is 0 Å². The molecule has 1 aromatic rings. The van der Waals surface area contributed by atoms with Crippen LogP contribution in [-0.2, 0) is 4.74 Å². The molecule has 0 bridgehead atoms. The van der Waals surface area contributed by atoms with Gasteiger partial charge in [0.25, 0.3) is 0 Å². The Morgan fingerprint density at radius 1 is 1.30 bits per heavy atom. The number of nitro groups is 1. The van der Waals surface area contributed by atoms with Gasteiger partial charge in [0.1, 0.15) is 0 Å². The molecule has 1 fully saturated rings. The molecule has 10 nitrogen and oxygen atoms in total. The number of hydrogen-bond donors (Lipinski definition) is 3. The lowest BCUT2D eigenvalue weighted by Crippen LogP contribution is -3.11. The Balaban J connectivity index is 2.15. The molecule has 1 aliphatic heterocycles. The molecule has 0 unspecified atom stereocenters. The first kappa shape index (κ1) is 21.1. The molecule has 0 aromatic carbocycles. The standard InChI is InChI=1S/C17H31N7O3/c1-5-22(6-2)9-7-8-19-17-20-15(18)14(24(25)26)16(21-17)23-10-12(3)27-13(4)11-23/h12-13H,5-11H2,1-4H3,(H3,18,19,20,21)/p+1/t12-,13-/m0/s1. The highest BCUT2D eigenvalue weighted by Crippen LogP contribution is 2.33. The van der Waals surface area contributed by atoms with Gasteiger partial charge in [-0.15, -0.1) is 0 Å². The quantitative estimate of drug-likeness (QED) is 0.317. The Morgan fingerprint density at radius 2 is 1.93 bits per heavy atom. The molecule has 1 aliphatic rings. The van der Waals surface area contributed by atoms with E-state index < -0.39 is 4.92 Å². The van der Waals surface area contributed by atoms with Crippen LogP contribution in [0.15, 0.2) is 0 Å². The number of morpholine rings is 1. The summed E-state index contributed by atoms with van der Waals surface area (Å²) in [6, 6.07) is 0. The number of aromatic nitrogens is 2. The number of nitrogens with two attached hydrogens (primary N) is 1. The van der Waals surface area contributed by atoms with E-state index in [-0.39, 0.29) is 29.5 Å². The molecule has 2 rings (SSSR count). The first-order valence-corrected chi connectivity index (χ1v) is 9.65. The molecule has 2 atom stereocenters. The molecule has 0 aliphatic carbocycles. The largest absolute Gasteiger partial charge is 0.378 e. The first-order valence-electron chi connectivity index (χ1n) is 9.65. The molecule has 4 N–H and O–H groups in total. The monoisotopic (exact) mass is 382 g/mol. The van der Waals surface area contributed by atoms with E-state index in [1.807, 2.05) is 18.7 Å². The van der Waals surface area contributed by atoms with Crippen molar-refractivity contribution in [3.05, 3.63) is 10.1 Å². The van der Waals surface area contributed by atoms with Crippen LogP contribution in [0.5, 0.6) is 0 Å². The number of hydrogen-bond acceptors (Lipinski definition) is 8. The lowest BCUT2D eigenvalue weighted by molar-refractivity contribution is -0.896. The van der Waals surface area contributed by atoms with E-state index >= 15 is 0 Å². The molecular formula is C17H32N7O3+. The summed E-state index contributed by atoms with van der Waals surface area (Å²) in [5.74, 6) is 0.467. The van der Waals surface area contributed by atoms with Crippen LogP contribution in [0, 0.1) is 10.1 Å². The number of anilines is 3. The van der Waals surface area contributed by atoms with Gasteiger partial charge in [0.2, 0.25) is 17.6 Å². The van der Waals surface area contributed by atoms with Crippen molar-refractivity contribution in [2.45, 2.75) is 46.3 Å². The molecule has 10 heteroatoms. The smallest absolute Gasteiger partial charge is 0.353 e. The minimum Gasteiger partial charge on any atom is -0.378 e. The highest BCUT2D eigenvalue weighted by molar-refractivity contribution is 5.71. The van der Waals surface area contributed by atoms with Gasteiger partial charge < -0.3 is 25.6 Å². The molecule has 1 aromatic heterocycles. The molecule has 0 radical (unpaired) electrons. The fraction of sp³-hybridized carbons (Fsp3) is 0.765. The zero-order valence-corrected chi connectivity index (χ0v) is 16.7. The van der Waals surface area contributed by atoms with Gasteiger partial charge in [-0.2, -0.15) is 9.97 Å². The summed E-state index contributed by atoms with van der Waals surface area (Å²) in [6.07, 6.45) is 0.870. The summed E-state index contributed by atoms with van der Waals surface area (Å²) in [6.45, 7) is 13.2. The molecule has 0 saturated carbocycles. The third-order valence-corrected chi connectivity index (χ3v) is 4.78. The van der Waals surface area contributed by atoms with Crippen molar-refractivity contribution in [3.8, 4) is 0 Å². The van der Waals surface area contributed by atoms with Crippen molar-refractivity contribution in [3.63, 3.8) is 0 Å². The van der Waals surface area contributed by atoms with E-state index in [2.05, 4.69) is 29.1 Å². The van der Waals surface area contributed by atoms with Crippen LogP contribution in [-0.4, -0.2) is 66.4 Å². The minimum atomic E-state index is -0.511. The molecule has 2 heterocycles. The number of nitrogen functional groups attached to an aromatic ring is 1. The van der Waals surface area contributed by atoms with Crippen molar-refractivity contribution in [1.29, 1.82) is 0 Å². The zero-order chi connectivity index (χ0) is 20.0. The molecule has 152 valence electrons. The average molecular weight is 382 g/mol. The number of nitrogens with zero attached hydrogens (tertiary/aromatic N) is 4. The van der Waals surface area contributed by atoms with E-state index in [1.165, 1.54) is 4.90 Å². The fourth-order valence-electron chi connectivity index (χ4n) is 3.43. The lowest BCUT2D eigenvalue weighted by atomic mass is 10.2. The second kappa shape index (κ2) is 9.65. The van der Waals surface area contributed by atoms with E-state index in [9.17, 15) is 10.1 Å². The maximum atomic E-state index is 11.5. The maximum absolute atomic E-state index is 11.5. The van der Waals surface area contributed by atoms with E-state index in [0.717, 1.165) is 26.1 Å². The summed E-state index contributed by atoms with van der Waals surface area (Å²) in [7, 11) is 0. The van der Waals surface area contributed by atoms with Gasteiger partial charge in [-0.3, -0.25) is 10.1 Å². The number of nitrogens with one attached hydrogen (secondary N) is 2.